The molecule has 0 saturated carbocycles. The maximum atomic E-state index is 10.4. The number of nitrogens with zero attached hydrogens (tertiary/aromatic N) is 1. The predicted molar refractivity (Wildman–Crippen MR) is 43.6 cm³/mol. The zero-order chi connectivity index (χ0) is 8.97. The standard InChI is InChI=1S/C8H15NO3/c1-12-9-4-2-3-7(6-9)5-8(10)11/h7H,2-6H2,1H3,(H,10,11). The van der Waals surface area contributed by atoms with Crippen molar-refractivity contribution in [1.82, 2.24) is 5.06 Å². The van der Waals surface area contributed by atoms with E-state index in [1.165, 1.54) is 0 Å². The normalized spacial score (nSPS) is 25.6. The minimum absolute atomic E-state index is 0.260. The van der Waals surface area contributed by atoms with Crippen LogP contribution in [0.15, 0.2) is 0 Å². The number of carboxylic acid groups (broad SMARTS) is 1. The molecule has 1 heterocycles. The van der Waals surface area contributed by atoms with Crippen molar-refractivity contribution in [3.63, 3.8) is 0 Å². The maximum absolute atomic E-state index is 10.4. The van der Waals surface area contributed by atoms with E-state index in [9.17, 15) is 4.79 Å². The molecule has 0 aromatic carbocycles. The van der Waals surface area contributed by atoms with Crippen LogP contribution in [0.4, 0.5) is 0 Å². The van der Waals surface area contributed by atoms with Gasteiger partial charge in [-0.3, -0.25) is 4.79 Å². The lowest BCUT2D eigenvalue weighted by Gasteiger charge is -2.29. The molecule has 1 unspecified atom stereocenters. The van der Waals surface area contributed by atoms with Gasteiger partial charge >= 0.3 is 5.97 Å². The number of piperidine rings is 1. The van der Waals surface area contributed by atoms with Crippen LogP contribution in [0.3, 0.4) is 0 Å². The Morgan fingerprint density at radius 2 is 2.50 bits per heavy atom. The third kappa shape index (κ3) is 2.79. The minimum atomic E-state index is -0.710. The topological polar surface area (TPSA) is 49.8 Å². The van der Waals surface area contributed by atoms with Gasteiger partial charge in [-0.25, -0.2) is 0 Å². The first-order valence-corrected chi connectivity index (χ1v) is 4.23. The van der Waals surface area contributed by atoms with Crippen LogP contribution < -0.4 is 0 Å². The monoisotopic (exact) mass is 173 g/mol. The number of carbonyl (C=O) groups is 1. The first-order chi connectivity index (χ1) is 5.72. The Morgan fingerprint density at radius 1 is 1.75 bits per heavy atom. The molecule has 4 heteroatoms. The van der Waals surface area contributed by atoms with Crippen molar-refractivity contribution >= 4 is 5.97 Å². The Hall–Kier alpha value is -0.610. The van der Waals surface area contributed by atoms with E-state index in [2.05, 4.69) is 0 Å². The molecule has 1 aliphatic rings. The van der Waals surface area contributed by atoms with Gasteiger partial charge in [0, 0.05) is 19.5 Å². The van der Waals surface area contributed by atoms with E-state index in [1.54, 1.807) is 7.11 Å². The molecule has 70 valence electrons. The zero-order valence-corrected chi connectivity index (χ0v) is 7.32. The number of aliphatic carboxylic acids is 1. The van der Waals surface area contributed by atoms with Gasteiger partial charge in [-0.1, -0.05) is 0 Å². The van der Waals surface area contributed by atoms with Crippen LogP contribution in [0.5, 0.6) is 0 Å². The summed E-state index contributed by atoms with van der Waals surface area (Å²) in [5, 5.41) is 10.4. The Balaban J connectivity index is 2.30. The molecule has 1 fully saturated rings. The zero-order valence-electron chi connectivity index (χ0n) is 7.32. The van der Waals surface area contributed by atoms with Gasteiger partial charge in [-0.05, 0) is 18.8 Å². The van der Waals surface area contributed by atoms with Gasteiger partial charge in [0.15, 0.2) is 0 Å². The highest BCUT2D eigenvalue weighted by Crippen LogP contribution is 2.18. The molecule has 0 spiro atoms. The van der Waals surface area contributed by atoms with E-state index in [0.717, 1.165) is 25.9 Å². The Bertz CT molecular complexity index is 160. The molecule has 0 aromatic heterocycles. The van der Waals surface area contributed by atoms with Crippen LogP contribution in [0.25, 0.3) is 0 Å². The third-order valence-corrected chi connectivity index (χ3v) is 2.20. The molecular weight excluding hydrogens is 158 g/mol. The summed E-state index contributed by atoms with van der Waals surface area (Å²) in [6.45, 7) is 1.68. The molecule has 12 heavy (non-hydrogen) atoms. The van der Waals surface area contributed by atoms with E-state index in [0.29, 0.717) is 0 Å². The molecule has 0 amide bonds. The lowest BCUT2D eigenvalue weighted by atomic mass is 9.96. The average molecular weight is 173 g/mol. The van der Waals surface area contributed by atoms with Gasteiger partial charge in [0.1, 0.15) is 0 Å². The molecule has 0 aromatic rings. The third-order valence-electron chi connectivity index (χ3n) is 2.20. The van der Waals surface area contributed by atoms with Crippen molar-refractivity contribution in [2.75, 3.05) is 20.2 Å². The highest BCUT2D eigenvalue weighted by molar-refractivity contribution is 5.67. The summed E-state index contributed by atoms with van der Waals surface area (Å²) in [6, 6.07) is 0. The summed E-state index contributed by atoms with van der Waals surface area (Å²) in [5.41, 5.74) is 0. The van der Waals surface area contributed by atoms with Crippen LogP contribution >= 0.6 is 0 Å². The summed E-state index contributed by atoms with van der Waals surface area (Å²) < 4.78 is 0. The van der Waals surface area contributed by atoms with Gasteiger partial charge in [-0.15, -0.1) is 0 Å². The Labute approximate surface area is 72.1 Å². The largest absolute Gasteiger partial charge is 0.481 e. The molecular formula is C8H15NO3. The van der Waals surface area contributed by atoms with Gasteiger partial charge < -0.3 is 9.94 Å². The van der Waals surface area contributed by atoms with E-state index in [1.807, 2.05) is 5.06 Å². The molecule has 0 aliphatic carbocycles. The van der Waals surface area contributed by atoms with Crippen molar-refractivity contribution < 1.29 is 14.7 Å². The molecule has 1 saturated heterocycles. The fraction of sp³-hybridized carbons (Fsp3) is 0.875. The SMILES string of the molecule is CON1CCCC(CC(=O)O)C1. The summed E-state index contributed by atoms with van der Waals surface area (Å²) in [5.74, 6) is -0.450. The second-order valence-electron chi connectivity index (χ2n) is 3.18. The van der Waals surface area contributed by atoms with Crippen molar-refractivity contribution in [3.05, 3.63) is 0 Å². The number of hydrogen-bond acceptors (Lipinski definition) is 3. The molecule has 1 aliphatic heterocycles. The number of hydrogen-bond donors (Lipinski definition) is 1. The smallest absolute Gasteiger partial charge is 0.303 e. The van der Waals surface area contributed by atoms with Crippen LogP contribution in [0.1, 0.15) is 19.3 Å². The van der Waals surface area contributed by atoms with Crippen molar-refractivity contribution in [2.24, 2.45) is 5.92 Å². The van der Waals surface area contributed by atoms with Gasteiger partial charge in [-0.2, -0.15) is 5.06 Å². The fourth-order valence-corrected chi connectivity index (χ4v) is 1.61. The first-order valence-electron chi connectivity index (χ1n) is 4.23. The van der Waals surface area contributed by atoms with Crippen molar-refractivity contribution in [2.45, 2.75) is 19.3 Å². The quantitative estimate of drug-likeness (QED) is 0.683. The molecule has 1 rings (SSSR count). The van der Waals surface area contributed by atoms with Crippen LogP contribution in [-0.4, -0.2) is 36.3 Å². The van der Waals surface area contributed by atoms with Gasteiger partial charge in [0.05, 0.1) is 7.11 Å². The van der Waals surface area contributed by atoms with Crippen molar-refractivity contribution in [3.8, 4) is 0 Å². The van der Waals surface area contributed by atoms with Crippen LogP contribution in [0, 0.1) is 5.92 Å². The van der Waals surface area contributed by atoms with E-state index >= 15 is 0 Å². The Morgan fingerprint density at radius 3 is 3.08 bits per heavy atom. The number of rotatable bonds is 3. The van der Waals surface area contributed by atoms with E-state index < -0.39 is 5.97 Å². The molecule has 0 radical (unpaired) electrons. The van der Waals surface area contributed by atoms with E-state index in [-0.39, 0.29) is 12.3 Å². The summed E-state index contributed by atoms with van der Waals surface area (Å²) in [7, 11) is 1.63. The summed E-state index contributed by atoms with van der Waals surface area (Å²) in [6.07, 6.45) is 2.30. The van der Waals surface area contributed by atoms with E-state index in [4.69, 9.17) is 9.94 Å². The summed E-state index contributed by atoms with van der Waals surface area (Å²) in [4.78, 5) is 15.4. The first kappa shape index (κ1) is 9.48. The maximum Gasteiger partial charge on any atom is 0.303 e. The molecule has 0 bridgehead atoms. The fourth-order valence-electron chi connectivity index (χ4n) is 1.61. The molecule has 4 nitrogen and oxygen atoms in total. The lowest BCUT2D eigenvalue weighted by Crippen LogP contribution is -2.35. The van der Waals surface area contributed by atoms with Gasteiger partial charge in [0.2, 0.25) is 0 Å². The number of hydroxylamine groups is 2. The average Bonchev–Trinajstić information content (AvgIpc) is 2.03. The lowest BCUT2D eigenvalue weighted by molar-refractivity contribution is -0.158. The predicted octanol–water partition coefficient (Wildman–Crippen LogP) is 0.735. The summed E-state index contributed by atoms with van der Waals surface area (Å²) >= 11 is 0. The second-order valence-corrected chi connectivity index (χ2v) is 3.18. The molecule has 1 atom stereocenters. The van der Waals surface area contributed by atoms with Gasteiger partial charge in [0.25, 0.3) is 0 Å². The Kier molecular flexibility index (Phi) is 3.49. The number of carboxylic acids is 1. The van der Waals surface area contributed by atoms with Crippen LogP contribution in [0.2, 0.25) is 0 Å². The highest BCUT2D eigenvalue weighted by Gasteiger charge is 2.21. The molecule has 1 N–H and O–H groups in total. The highest BCUT2D eigenvalue weighted by atomic mass is 16.7. The minimum Gasteiger partial charge on any atom is -0.481 e. The van der Waals surface area contributed by atoms with Crippen LogP contribution in [-0.2, 0) is 9.63 Å². The second kappa shape index (κ2) is 4.42. The van der Waals surface area contributed by atoms with Crippen molar-refractivity contribution in [1.29, 1.82) is 0 Å².